The number of hydrogen-bond acceptors (Lipinski definition) is 3. The largest absolute Gasteiger partial charge is 0.350 e. The van der Waals surface area contributed by atoms with E-state index in [-0.39, 0.29) is 17.5 Å². The Morgan fingerprint density at radius 1 is 1.19 bits per heavy atom. The summed E-state index contributed by atoms with van der Waals surface area (Å²) in [5.41, 5.74) is 3.48. The molecular weight excluding hydrogens is 326 g/mol. The molecule has 0 aliphatic rings. The fourth-order valence-corrected chi connectivity index (χ4v) is 3.03. The smallest absolute Gasteiger partial charge is 0.272 e. The van der Waals surface area contributed by atoms with Crippen molar-refractivity contribution in [2.75, 3.05) is 0 Å². The van der Waals surface area contributed by atoms with E-state index in [0.29, 0.717) is 22.3 Å². The number of carbonyl (C=O) groups is 1. The monoisotopic (exact) mass is 349 g/mol. The highest BCUT2D eigenvalue weighted by atomic mass is 16.1. The lowest BCUT2D eigenvalue weighted by Gasteiger charge is -2.14. The standard InChI is InChI=1S/C21H23N3O2/c1-14(9-10-16-7-5-4-6-8-16)22-20(25)17-11-12-19-18(13-17)23-15(2)21(26)24(19)3/h4-8,11-14H,9-10H2,1-3H3,(H,22,25)/t14-/m0/s1. The minimum Gasteiger partial charge on any atom is -0.350 e. The van der Waals surface area contributed by atoms with Crippen molar-refractivity contribution < 1.29 is 4.79 Å². The average Bonchev–Trinajstić information content (AvgIpc) is 2.65. The van der Waals surface area contributed by atoms with E-state index in [1.54, 1.807) is 36.7 Å². The number of fused-ring (bicyclic) bond motifs is 1. The summed E-state index contributed by atoms with van der Waals surface area (Å²) in [7, 11) is 1.71. The van der Waals surface area contributed by atoms with Crippen molar-refractivity contribution in [3.63, 3.8) is 0 Å². The highest BCUT2D eigenvalue weighted by molar-refractivity contribution is 5.97. The third-order valence-electron chi connectivity index (χ3n) is 4.59. The first-order valence-corrected chi connectivity index (χ1v) is 8.78. The molecule has 0 fully saturated rings. The minimum absolute atomic E-state index is 0.0632. The quantitative estimate of drug-likeness (QED) is 0.770. The van der Waals surface area contributed by atoms with Gasteiger partial charge in [0.1, 0.15) is 5.69 Å². The van der Waals surface area contributed by atoms with Crippen LogP contribution in [0, 0.1) is 6.92 Å². The Labute approximate surface area is 152 Å². The predicted octanol–water partition coefficient (Wildman–Crippen LogP) is 2.99. The van der Waals surface area contributed by atoms with Gasteiger partial charge in [0.2, 0.25) is 0 Å². The maximum absolute atomic E-state index is 12.5. The molecule has 0 spiro atoms. The van der Waals surface area contributed by atoms with E-state index in [1.165, 1.54) is 5.56 Å². The minimum atomic E-state index is -0.124. The van der Waals surface area contributed by atoms with Crippen LogP contribution in [-0.2, 0) is 13.5 Å². The van der Waals surface area contributed by atoms with E-state index < -0.39 is 0 Å². The van der Waals surface area contributed by atoms with E-state index in [1.807, 2.05) is 25.1 Å². The van der Waals surface area contributed by atoms with Crippen molar-refractivity contribution in [1.29, 1.82) is 0 Å². The summed E-state index contributed by atoms with van der Waals surface area (Å²) < 4.78 is 1.56. The van der Waals surface area contributed by atoms with Crippen LogP contribution in [0.25, 0.3) is 11.0 Å². The number of nitrogens with one attached hydrogen (secondary N) is 1. The average molecular weight is 349 g/mol. The number of benzene rings is 2. The summed E-state index contributed by atoms with van der Waals surface area (Å²) >= 11 is 0. The van der Waals surface area contributed by atoms with E-state index in [0.717, 1.165) is 12.8 Å². The molecule has 2 aromatic carbocycles. The third kappa shape index (κ3) is 3.82. The van der Waals surface area contributed by atoms with Crippen molar-refractivity contribution in [1.82, 2.24) is 14.9 Å². The molecule has 1 heterocycles. The lowest BCUT2D eigenvalue weighted by atomic mass is 10.1. The van der Waals surface area contributed by atoms with Crippen molar-refractivity contribution in [3.05, 3.63) is 75.7 Å². The summed E-state index contributed by atoms with van der Waals surface area (Å²) in [6.07, 6.45) is 1.79. The lowest BCUT2D eigenvalue weighted by Crippen LogP contribution is -2.33. The van der Waals surface area contributed by atoms with Gasteiger partial charge in [-0.15, -0.1) is 0 Å². The molecular formula is C21H23N3O2. The Morgan fingerprint density at radius 3 is 2.65 bits per heavy atom. The van der Waals surface area contributed by atoms with Gasteiger partial charge in [-0.3, -0.25) is 9.59 Å². The normalized spacial score (nSPS) is 12.1. The highest BCUT2D eigenvalue weighted by Crippen LogP contribution is 2.13. The summed E-state index contributed by atoms with van der Waals surface area (Å²) in [6, 6.07) is 15.5. The topological polar surface area (TPSA) is 64.0 Å². The van der Waals surface area contributed by atoms with Crippen molar-refractivity contribution >= 4 is 16.9 Å². The van der Waals surface area contributed by atoms with Gasteiger partial charge in [0, 0.05) is 18.7 Å². The Balaban J connectivity index is 1.71. The number of hydrogen-bond donors (Lipinski definition) is 1. The van der Waals surface area contributed by atoms with Crippen LogP contribution in [0.3, 0.4) is 0 Å². The molecule has 1 atom stereocenters. The van der Waals surface area contributed by atoms with Gasteiger partial charge in [0.25, 0.3) is 11.5 Å². The lowest BCUT2D eigenvalue weighted by molar-refractivity contribution is 0.0938. The number of aryl methyl sites for hydroxylation is 3. The molecule has 3 aromatic rings. The van der Waals surface area contributed by atoms with Crippen LogP contribution in [0.2, 0.25) is 0 Å². The zero-order valence-electron chi connectivity index (χ0n) is 15.3. The first kappa shape index (κ1) is 17.9. The van der Waals surface area contributed by atoms with Gasteiger partial charge in [-0.05, 0) is 50.5 Å². The molecule has 1 amide bonds. The van der Waals surface area contributed by atoms with Crippen molar-refractivity contribution in [3.8, 4) is 0 Å². The van der Waals surface area contributed by atoms with Crippen molar-refractivity contribution in [2.45, 2.75) is 32.7 Å². The van der Waals surface area contributed by atoms with Gasteiger partial charge in [-0.1, -0.05) is 30.3 Å². The summed E-state index contributed by atoms with van der Waals surface area (Å²) in [4.78, 5) is 28.8. The van der Waals surface area contributed by atoms with Gasteiger partial charge in [-0.25, -0.2) is 4.98 Å². The maximum Gasteiger partial charge on any atom is 0.272 e. The maximum atomic E-state index is 12.5. The molecule has 0 saturated carbocycles. The van der Waals surface area contributed by atoms with Crippen molar-refractivity contribution in [2.24, 2.45) is 7.05 Å². The Kier molecular flexibility index (Phi) is 5.16. The van der Waals surface area contributed by atoms with Crippen LogP contribution in [0.5, 0.6) is 0 Å². The Hall–Kier alpha value is -2.95. The molecule has 134 valence electrons. The molecule has 5 nitrogen and oxygen atoms in total. The molecule has 0 saturated heterocycles. The third-order valence-corrected chi connectivity index (χ3v) is 4.59. The molecule has 1 N–H and O–H groups in total. The second-order valence-electron chi connectivity index (χ2n) is 6.66. The molecule has 1 aromatic heterocycles. The predicted molar refractivity (Wildman–Crippen MR) is 103 cm³/mol. The summed E-state index contributed by atoms with van der Waals surface area (Å²) in [6.45, 7) is 3.69. The number of carbonyl (C=O) groups excluding carboxylic acids is 1. The van der Waals surface area contributed by atoms with Crippen LogP contribution in [0.4, 0.5) is 0 Å². The highest BCUT2D eigenvalue weighted by Gasteiger charge is 2.12. The Bertz CT molecular complexity index is 993. The second-order valence-corrected chi connectivity index (χ2v) is 6.66. The molecule has 26 heavy (non-hydrogen) atoms. The number of rotatable bonds is 5. The molecule has 0 radical (unpaired) electrons. The first-order valence-electron chi connectivity index (χ1n) is 8.78. The molecule has 0 unspecified atom stereocenters. The van der Waals surface area contributed by atoms with E-state index in [9.17, 15) is 9.59 Å². The zero-order chi connectivity index (χ0) is 18.7. The van der Waals surface area contributed by atoms with Gasteiger partial charge in [0.15, 0.2) is 0 Å². The van der Waals surface area contributed by atoms with E-state index >= 15 is 0 Å². The van der Waals surface area contributed by atoms with Gasteiger partial charge in [0.05, 0.1) is 11.0 Å². The van der Waals surface area contributed by atoms with E-state index in [4.69, 9.17) is 0 Å². The molecule has 0 bridgehead atoms. The first-order chi connectivity index (χ1) is 12.5. The summed E-state index contributed by atoms with van der Waals surface area (Å²) in [5, 5.41) is 3.04. The van der Waals surface area contributed by atoms with E-state index in [2.05, 4.69) is 22.4 Å². The molecule has 0 aliphatic carbocycles. The van der Waals surface area contributed by atoms with Gasteiger partial charge >= 0.3 is 0 Å². The zero-order valence-corrected chi connectivity index (χ0v) is 15.3. The van der Waals surface area contributed by atoms with Crippen LogP contribution in [0.15, 0.2) is 53.3 Å². The van der Waals surface area contributed by atoms with Crippen LogP contribution in [-0.4, -0.2) is 21.5 Å². The fourth-order valence-electron chi connectivity index (χ4n) is 3.03. The number of nitrogens with zero attached hydrogens (tertiary/aromatic N) is 2. The Morgan fingerprint density at radius 2 is 1.92 bits per heavy atom. The molecule has 3 rings (SSSR count). The van der Waals surface area contributed by atoms with Gasteiger partial charge < -0.3 is 9.88 Å². The second kappa shape index (κ2) is 7.52. The summed E-state index contributed by atoms with van der Waals surface area (Å²) in [5.74, 6) is -0.124. The van der Waals surface area contributed by atoms with Crippen LogP contribution in [0.1, 0.15) is 35.0 Å². The molecule has 0 aliphatic heterocycles. The molecule has 5 heteroatoms. The number of aromatic nitrogens is 2. The fraction of sp³-hybridized carbons (Fsp3) is 0.286. The van der Waals surface area contributed by atoms with Crippen LogP contribution >= 0.6 is 0 Å². The van der Waals surface area contributed by atoms with Gasteiger partial charge in [-0.2, -0.15) is 0 Å². The number of amides is 1. The van der Waals surface area contributed by atoms with Crippen LogP contribution < -0.4 is 10.9 Å². The SMILES string of the molecule is Cc1nc2cc(C(=O)N[C@@H](C)CCc3ccccc3)ccc2n(C)c1=O.